The third-order valence-electron chi connectivity index (χ3n) is 4.32. The molecule has 0 bridgehead atoms. The highest BCUT2D eigenvalue weighted by molar-refractivity contribution is 5.84. The molecule has 2 heterocycles. The van der Waals surface area contributed by atoms with Crippen LogP contribution in [0.4, 0.5) is 0 Å². The molecule has 2 aliphatic heterocycles. The minimum absolute atomic E-state index is 0.177. The van der Waals surface area contributed by atoms with Crippen molar-refractivity contribution in [2.24, 2.45) is 5.92 Å². The van der Waals surface area contributed by atoms with Gasteiger partial charge in [-0.25, -0.2) is 4.58 Å². The van der Waals surface area contributed by atoms with Gasteiger partial charge in [-0.1, -0.05) is 17.7 Å². The molecule has 100 valence electrons. The van der Waals surface area contributed by atoms with Gasteiger partial charge in [0.05, 0.1) is 17.3 Å². The highest BCUT2D eigenvalue weighted by atomic mass is 16.3. The summed E-state index contributed by atoms with van der Waals surface area (Å²) in [6, 6.07) is 0.177. The van der Waals surface area contributed by atoms with E-state index in [0.29, 0.717) is 11.7 Å². The maximum Gasteiger partial charge on any atom is 0.174 e. The number of aliphatic hydroxyl groups is 1. The summed E-state index contributed by atoms with van der Waals surface area (Å²) in [6.07, 6.45) is 14.4. The van der Waals surface area contributed by atoms with Gasteiger partial charge in [-0.15, -0.1) is 0 Å². The summed E-state index contributed by atoms with van der Waals surface area (Å²) in [5.41, 5.74) is 6.24. The SMILES string of the molecule is CC1=CC2=C3C=C(O)C=CC3NC2=C2C=[N+](C)C=CC12. The third kappa shape index (κ3) is 1.49. The van der Waals surface area contributed by atoms with E-state index in [1.807, 2.05) is 19.2 Å². The van der Waals surface area contributed by atoms with Crippen LogP contribution in [0.3, 0.4) is 0 Å². The molecule has 2 unspecified atom stereocenters. The van der Waals surface area contributed by atoms with Crippen LogP contribution in [0.5, 0.6) is 0 Å². The van der Waals surface area contributed by atoms with Crippen molar-refractivity contribution in [3.63, 3.8) is 0 Å². The van der Waals surface area contributed by atoms with Crippen LogP contribution in [-0.4, -0.2) is 29.0 Å². The van der Waals surface area contributed by atoms with Gasteiger partial charge in [-0.05, 0) is 30.7 Å². The predicted octanol–water partition coefficient (Wildman–Crippen LogP) is 2.34. The molecular weight excluding hydrogens is 248 g/mol. The molecule has 2 atom stereocenters. The summed E-state index contributed by atoms with van der Waals surface area (Å²) in [7, 11) is 2.05. The zero-order valence-corrected chi connectivity index (χ0v) is 11.6. The second-order valence-electron chi connectivity index (χ2n) is 5.75. The lowest BCUT2D eigenvalue weighted by Crippen LogP contribution is -2.27. The Morgan fingerprint density at radius 3 is 2.90 bits per heavy atom. The Bertz CT molecular complexity index is 726. The average Bonchev–Trinajstić information content (AvgIpc) is 2.77. The van der Waals surface area contributed by atoms with Crippen molar-refractivity contribution in [1.29, 1.82) is 0 Å². The lowest BCUT2D eigenvalue weighted by molar-refractivity contribution is -0.418. The predicted molar refractivity (Wildman–Crippen MR) is 79.5 cm³/mol. The molecule has 20 heavy (non-hydrogen) atoms. The molecule has 0 aromatic carbocycles. The first kappa shape index (κ1) is 11.5. The van der Waals surface area contributed by atoms with E-state index < -0.39 is 0 Å². The fourth-order valence-electron chi connectivity index (χ4n) is 3.34. The topological polar surface area (TPSA) is 35.3 Å². The third-order valence-corrected chi connectivity index (χ3v) is 4.32. The molecule has 3 heteroatoms. The zero-order valence-electron chi connectivity index (χ0n) is 11.6. The van der Waals surface area contributed by atoms with E-state index in [0.717, 1.165) is 5.57 Å². The molecule has 2 aliphatic carbocycles. The Morgan fingerprint density at radius 2 is 2.05 bits per heavy atom. The van der Waals surface area contributed by atoms with Crippen molar-refractivity contribution < 1.29 is 9.68 Å². The summed E-state index contributed by atoms with van der Waals surface area (Å²) in [5.74, 6) is 0.689. The molecule has 0 saturated carbocycles. The fraction of sp³-hybridized carbons (Fsp3) is 0.235. The van der Waals surface area contributed by atoms with Gasteiger partial charge >= 0.3 is 0 Å². The van der Waals surface area contributed by atoms with E-state index in [4.69, 9.17) is 0 Å². The van der Waals surface area contributed by atoms with Gasteiger partial charge in [0.2, 0.25) is 0 Å². The van der Waals surface area contributed by atoms with Crippen LogP contribution in [0.1, 0.15) is 6.92 Å². The first-order valence-corrected chi connectivity index (χ1v) is 6.91. The number of hydrogen-bond donors (Lipinski definition) is 2. The van der Waals surface area contributed by atoms with Gasteiger partial charge in [0, 0.05) is 11.5 Å². The summed E-state index contributed by atoms with van der Waals surface area (Å²) in [5, 5.41) is 13.3. The molecule has 3 nitrogen and oxygen atoms in total. The smallest absolute Gasteiger partial charge is 0.174 e. The van der Waals surface area contributed by atoms with Gasteiger partial charge in [-0.3, -0.25) is 0 Å². The second kappa shape index (κ2) is 3.85. The van der Waals surface area contributed by atoms with Gasteiger partial charge < -0.3 is 10.4 Å². The van der Waals surface area contributed by atoms with Crippen molar-refractivity contribution in [1.82, 2.24) is 5.32 Å². The molecule has 0 aromatic heterocycles. The van der Waals surface area contributed by atoms with Crippen LogP contribution in [-0.2, 0) is 0 Å². The summed E-state index contributed by atoms with van der Waals surface area (Å²) < 4.78 is 2.09. The monoisotopic (exact) mass is 265 g/mol. The van der Waals surface area contributed by atoms with Crippen LogP contribution >= 0.6 is 0 Å². The minimum Gasteiger partial charge on any atom is -0.508 e. The summed E-state index contributed by atoms with van der Waals surface area (Å²) in [6.45, 7) is 2.17. The van der Waals surface area contributed by atoms with E-state index in [2.05, 4.69) is 41.4 Å². The van der Waals surface area contributed by atoms with Gasteiger partial charge in [-0.2, -0.15) is 0 Å². The summed E-state index contributed by atoms with van der Waals surface area (Å²) >= 11 is 0. The number of aliphatic hydroxyl groups excluding tert-OH is 1. The van der Waals surface area contributed by atoms with Crippen molar-refractivity contribution >= 4 is 6.21 Å². The molecule has 2 N–H and O–H groups in total. The number of rotatable bonds is 0. The first-order valence-electron chi connectivity index (χ1n) is 6.91. The zero-order chi connectivity index (χ0) is 13.9. The normalized spacial score (nSPS) is 30.2. The number of hydrogen-bond acceptors (Lipinski definition) is 2. The lowest BCUT2D eigenvalue weighted by Gasteiger charge is -2.24. The largest absolute Gasteiger partial charge is 0.508 e. The maximum atomic E-state index is 9.74. The van der Waals surface area contributed by atoms with Gasteiger partial charge in [0.25, 0.3) is 0 Å². The van der Waals surface area contributed by atoms with Crippen molar-refractivity contribution in [3.05, 3.63) is 70.3 Å². The van der Waals surface area contributed by atoms with Gasteiger partial charge in [0.15, 0.2) is 12.4 Å². The average molecular weight is 265 g/mol. The molecule has 0 aromatic rings. The van der Waals surface area contributed by atoms with Crippen LogP contribution in [0.15, 0.2) is 70.3 Å². The highest BCUT2D eigenvalue weighted by Crippen LogP contribution is 2.40. The van der Waals surface area contributed by atoms with E-state index in [1.54, 1.807) is 6.08 Å². The van der Waals surface area contributed by atoms with Crippen LogP contribution in [0, 0.1) is 5.92 Å². The number of fused-ring (bicyclic) bond motifs is 3. The molecule has 0 radical (unpaired) electrons. The number of nitrogens with one attached hydrogen (secondary N) is 1. The van der Waals surface area contributed by atoms with Crippen LogP contribution < -0.4 is 5.32 Å². The van der Waals surface area contributed by atoms with Crippen molar-refractivity contribution in [3.8, 4) is 0 Å². The Labute approximate surface area is 118 Å². The van der Waals surface area contributed by atoms with Gasteiger partial charge in [0.1, 0.15) is 12.8 Å². The molecule has 0 amide bonds. The van der Waals surface area contributed by atoms with E-state index in [1.165, 1.54) is 22.4 Å². The Balaban J connectivity index is 1.94. The molecule has 0 fully saturated rings. The van der Waals surface area contributed by atoms with Crippen molar-refractivity contribution in [2.45, 2.75) is 13.0 Å². The fourth-order valence-corrected chi connectivity index (χ4v) is 3.34. The Morgan fingerprint density at radius 1 is 1.20 bits per heavy atom. The van der Waals surface area contributed by atoms with Crippen LogP contribution in [0.2, 0.25) is 0 Å². The Kier molecular flexibility index (Phi) is 2.22. The second-order valence-corrected chi connectivity index (χ2v) is 5.75. The summed E-state index contributed by atoms with van der Waals surface area (Å²) in [4.78, 5) is 0. The van der Waals surface area contributed by atoms with E-state index in [9.17, 15) is 5.11 Å². The molecule has 0 saturated heterocycles. The Hall–Kier alpha value is -2.29. The molecule has 4 rings (SSSR count). The highest BCUT2D eigenvalue weighted by Gasteiger charge is 2.35. The van der Waals surface area contributed by atoms with E-state index >= 15 is 0 Å². The molecule has 0 spiro atoms. The maximum absolute atomic E-state index is 9.74. The standard InChI is InChI=1S/C17H16N2O/c1-10-7-14-13-8-11(20)3-4-16(13)18-17(14)15-9-19(2)6-5-12(10)15/h3-9,12,16H,1-2H3,(H,18,20)/p+1. The van der Waals surface area contributed by atoms with E-state index in [-0.39, 0.29) is 6.04 Å². The molecule has 4 aliphatic rings. The quantitative estimate of drug-likeness (QED) is 0.659. The van der Waals surface area contributed by atoms with Crippen LogP contribution in [0.25, 0.3) is 0 Å². The lowest BCUT2D eigenvalue weighted by atomic mass is 9.82. The minimum atomic E-state index is 0.177. The number of nitrogens with zero attached hydrogens (tertiary/aromatic N) is 1. The molecular formula is C17H17N2O+. The number of allylic oxidation sites excluding steroid dienone is 5. The van der Waals surface area contributed by atoms with Crippen molar-refractivity contribution in [2.75, 3.05) is 7.05 Å². The first-order chi connectivity index (χ1) is 9.63.